The van der Waals surface area contributed by atoms with E-state index in [2.05, 4.69) is 4.90 Å². The minimum absolute atomic E-state index is 0.00685. The van der Waals surface area contributed by atoms with Gasteiger partial charge in [-0.1, -0.05) is 18.2 Å². The molecule has 0 radical (unpaired) electrons. The molecule has 0 aliphatic carbocycles. The first kappa shape index (κ1) is 13.4. The summed E-state index contributed by atoms with van der Waals surface area (Å²) < 4.78 is 30.7. The van der Waals surface area contributed by atoms with Crippen LogP contribution in [-0.2, 0) is 4.74 Å². The summed E-state index contributed by atoms with van der Waals surface area (Å²) >= 11 is 0. The van der Waals surface area contributed by atoms with Gasteiger partial charge in [-0.05, 0) is 11.6 Å². The molecule has 1 heterocycles. The van der Waals surface area contributed by atoms with Crippen LogP contribution in [0.4, 0.5) is 8.78 Å². The van der Waals surface area contributed by atoms with Crippen LogP contribution in [0, 0.1) is 0 Å². The Morgan fingerprint density at radius 1 is 1.22 bits per heavy atom. The Hall–Kier alpha value is -1.04. The highest BCUT2D eigenvalue weighted by atomic mass is 19.3. The minimum Gasteiger partial charge on any atom is -0.379 e. The molecule has 1 unspecified atom stereocenters. The Balaban J connectivity index is 2.18. The van der Waals surface area contributed by atoms with E-state index in [1.165, 1.54) is 6.07 Å². The number of nitrogens with zero attached hydrogens (tertiary/aromatic N) is 1. The topological polar surface area (TPSA) is 38.5 Å². The number of benzene rings is 1. The van der Waals surface area contributed by atoms with E-state index in [9.17, 15) is 8.78 Å². The van der Waals surface area contributed by atoms with E-state index in [0.29, 0.717) is 19.8 Å². The van der Waals surface area contributed by atoms with Gasteiger partial charge in [-0.3, -0.25) is 4.90 Å². The van der Waals surface area contributed by atoms with Crippen molar-refractivity contribution >= 4 is 0 Å². The number of hydrogen-bond acceptors (Lipinski definition) is 3. The van der Waals surface area contributed by atoms with E-state index in [4.69, 9.17) is 10.5 Å². The Labute approximate surface area is 106 Å². The van der Waals surface area contributed by atoms with Crippen molar-refractivity contribution < 1.29 is 13.5 Å². The summed E-state index contributed by atoms with van der Waals surface area (Å²) in [5.41, 5.74) is 6.71. The molecule has 1 aliphatic heterocycles. The van der Waals surface area contributed by atoms with Crippen molar-refractivity contribution in [2.75, 3.05) is 32.8 Å². The molecule has 100 valence electrons. The van der Waals surface area contributed by atoms with E-state index in [1.54, 1.807) is 12.1 Å². The molecule has 5 heteroatoms. The highest BCUT2D eigenvalue weighted by molar-refractivity contribution is 5.27. The fourth-order valence-corrected chi connectivity index (χ4v) is 2.29. The van der Waals surface area contributed by atoms with Gasteiger partial charge in [-0.2, -0.15) is 0 Å². The van der Waals surface area contributed by atoms with Gasteiger partial charge in [0.1, 0.15) is 0 Å². The first-order valence-corrected chi connectivity index (χ1v) is 6.12. The Bertz CT molecular complexity index is 381. The van der Waals surface area contributed by atoms with E-state index >= 15 is 0 Å². The van der Waals surface area contributed by atoms with Crippen LogP contribution in [0.25, 0.3) is 0 Å². The highest BCUT2D eigenvalue weighted by Crippen LogP contribution is 2.25. The number of halogens is 2. The van der Waals surface area contributed by atoms with Crippen molar-refractivity contribution in [1.29, 1.82) is 0 Å². The molecule has 0 spiro atoms. The fourth-order valence-electron chi connectivity index (χ4n) is 2.29. The Morgan fingerprint density at radius 2 is 1.89 bits per heavy atom. The van der Waals surface area contributed by atoms with Crippen LogP contribution in [0.3, 0.4) is 0 Å². The van der Waals surface area contributed by atoms with Gasteiger partial charge in [0.15, 0.2) is 0 Å². The molecule has 0 bridgehead atoms. The van der Waals surface area contributed by atoms with Crippen molar-refractivity contribution in [3.63, 3.8) is 0 Å². The number of nitrogens with two attached hydrogens (primary N) is 1. The first-order chi connectivity index (χ1) is 8.72. The lowest BCUT2D eigenvalue weighted by Crippen LogP contribution is -2.41. The molecule has 1 aliphatic rings. The van der Waals surface area contributed by atoms with E-state index < -0.39 is 6.43 Å². The summed E-state index contributed by atoms with van der Waals surface area (Å²) in [6.07, 6.45) is -2.44. The number of hydrogen-bond donors (Lipinski definition) is 1. The maximum absolute atomic E-state index is 12.7. The fraction of sp³-hybridized carbons (Fsp3) is 0.538. The van der Waals surface area contributed by atoms with Gasteiger partial charge in [0.25, 0.3) is 6.43 Å². The Morgan fingerprint density at radius 3 is 2.50 bits per heavy atom. The zero-order valence-corrected chi connectivity index (χ0v) is 10.2. The second-order valence-electron chi connectivity index (χ2n) is 4.37. The predicted octanol–water partition coefficient (Wildman–Crippen LogP) is 1.96. The lowest BCUT2D eigenvalue weighted by Gasteiger charge is -2.34. The number of ether oxygens (including phenoxy) is 1. The lowest BCUT2D eigenvalue weighted by atomic mass is 10.0. The van der Waals surface area contributed by atoms with Crippen molar-refractivity contribution in [3.05, 3.63) is 35.4 Å². The minimum atomic E-state index is -2.44. The number of rotatable bonds is 4. The molecule has 0 saturated carbocycles. The lowest BCUT2D eigenvalue weighted by molar-refractivity contribution is 0.0178. The van der Waals surface area contributed by atoms with E-state index in [-0.39, 0.29) is 11.6 Å². The third-order valence-corrected chi connectivity index (χ3v) is 3.26. The zero-order chi connectivity index (χ0) is 13.0. The summed E-state index contributed by atoms with van der Waals surface area (Å²) in [6.45, 7) is 3.35. The number of alkyl halides is 2. The highest BCUT2D eigenvalue weighted by Gasteiger charge is 2.22. The second-order valence-corrected chi connectivity index (χ2v) is 4.37. The van der Waals surface area contributed by atoms with Crippen LogP contribution >= 0.6 is 0 Å². The molecule has 1 atom stereocenters. The second kappa shape index (κ2) is 6.22. The van der Waals surface area contributed by atoms with Gasteiger partial charge in [-0.25, -0.2) is 8.78 Å². The zero-order valence-electron chi connectivity index (χ0n) is 10.2. The number of morpholine rings is 1. The average molecular weight is 256 g/mol. The quantitative estimate of drug-likeness (QED) is 0.895. The van der Waals surface area contributed by atoms with Crippen molar-refractivity contribution in [3.8, 4) is 0 Å². The van der Waals surface area contributed by atoms with Crippen LogP contribution in [0.15, 0.2) is 24.3 Å². The summed E-state index contributed by atoms with van der Waals surface area (Å²) in [7, 11) is 0. The third-order valence-electron chi connectivity index (χ3n) is 3.26. The monoisotopic (exact) mass is 256 g/mol. The van der Waals surface area contributed by atoms with Gasteiger partial charge in [0.05, 0.1) is 13.2 Å². The summed E-state index contributed by atoms with van der Waals surface area (Å²) in [5, 5.41) is 0. The van der Waals surface area contributed by atoms with Crippen molar-refractivity contribution in [2.24, 2.45) is 5.73 Å². The molecule has 1 saturated heterocycles. The molecule has 1 fully saturated rings. The normalized spacial score (nSPS) is 19.1. The summed E-state index contributed by atoms with van der Waals surface area (Å²) in [6, 6.07) is 6.52. The smallest absolute Gasteiger partial charge is 0.263 e. The van der Waals surface area contributed by atoms with Crippen LogP contribution < -0.4 is 5.73 Å². The van der Waals surface area contributed by atoms with Crippen molar-refractivity contribution in [2.45, 2.75) is 12.5 Å². The van der Waals surface area contributed by atoms with E-state index in [0.717, 1.165) is 18.7 Å². The largest absolute Gasteiger partial charge is 0.379 e. The molecule has 2 rings (SSSR count). The van der Waals surface area contributed by atoms with Gasteiger partial charge in [0, 0.05) is 31.2 Å². The molecule has 2 N–H and O–H groups in total. The third kappa shape index (κ3) is 3.04. The van der Waals surface area contributed by atoms with Gasteiger partial charge >= 0.3 is 0 Å². The maximum Gasteiger partial charge on any atom is 0.263 e. The first-order valence-electron chi connectivity index (χ1n) is 6.12. The van der Waals surface area contributed by atoms with Crippen LogP contribution in [0.1, 0.15) is 23.6 Å². The predicted molar refractivity (Wildman–Crippen MR) is 65.6 cm³/mol. The van der Waals surface area contributed by atoms with Gasteiger partial charge in [0.2, 0.25) is 0 Å². The Kier molecular flexibility index (Phi) is 4.63. The van der Waals surface area contributed by atoms with Crippen molar-refractivity contribution in [1.82, 2.24) is 4.90 Å². The molecule has 0 amide bonds. The average Bonchev–Trinajstić information content (AvgIpc) is 2.41. The maximum atomic E-state index is 12.7. The van der Waals surface area contributed by atoms with Crippen LogP contribution in [0.5, 0.6) is 0 Å². The molecule has 1 aromatic rings. The molecular formula is C13H18F2N2O. The van der Waals surface area contributed by atoms with Crippen LogP contribution in [0.2, 0.25) is 0 Å². The molecule has 1 aromatic carbocycles. The van der Waals surface area contributed by atoms with Gasteiger partial charge < -0.3 is 10.5 Å². The van der Waals surface area contributed by atoms with Gasteiger partial charge in [-0.15, -0.1) is 0 Å². The van der Waals surface area contributed by atoms with Crippen LogP contribution in [-0.4, -0.2) is 37.7 Å². The standard InChI is InChI=1S/C13H18F2N2O/c14-13(15)11-3-1-2-10(8-11)12(9-16)17-4-6-18-7-5-17/h1-3,8,12-13H,4-7,9,16H2. The summed E-state index contributed by atoms with van der Waals surface area (Å²) in [4.78, 5) is 2.19. The molecular weight excluding hydrogens is 238 g/mol. The molecule has 18 heavy (non-hydrogen) atoms. The summed E-state index contributed by atoms with van der Waals surface area (Å²) in [5.74, 6) is 0. The molecule has 3 nitrogen and oxygen atoms in total. The SMILES string of the molecule is NCC(c1cccc(C(F)F)c1)N1CCOCC1. The molecule has 0 aromatic heterocycles. The van der Waals surface area contributed by atoms with E-state index in [1.807, 2.05) is 6.07 Å².